The molecule has 2 N–H and O–H groups in total. The van der Waals surface area contributed by atoms with Crippen LogP contribution in [0, 0.1) is 0 Å². The van der Waals surface area contributed by atoms with Crippen LogP contribution < -0.4 is 10.7 Å². The van der Waals surface area contributed by atoms with Gasteiger partial charge >= 0.3 is 0 Å². The normalized spacial score (nSPS) is 10.2. The molecule has 0 fully saturated rings. The maximum Gasteiger partial charge on any atom is 0.118 e. The summed E-state index contributed by atoms with van der Waals surface area (Å²) in [4.78, 5) is 0. The number of para-hydroxylation sites is 1. The van der Waals surface area contributed by atoms with Crippen molar-refractivity contribution in [3.05, 3.63) is 42.7 Å². The summed E-state index contributed by atoms with van der Waals surface area (Å²) in [6.45, 7) is 5.47. The summed E-state index contributed by atoms with van der Waals surface area (Å²) in [6.07, 6.45) is 1.67. The molecular formula is C10H13N3. The van der Waals surface area contributed by atoms with Gasteiger partial charge in [-0.2, -0.15) is 5.10 Å². The van der Waals surface area contributed by atoms with Crippen LogP contribution in [0.15, 0.2) is 47.8 Å². The minimum Gasteiger partial charge on any atom is -0.384 e. The number of hydrazone groups is 1. The van der Waals surface area contributed by atoms with Crippen molar-refractivity contribution in [2.45, 2.75) is 6.92 Å². The third-order valence-corrected chi connectivity index (χ3v) is 1.50. The summed E-state index contributed by atoms with van der Waals surface area (Å²) in [7, 11) is 0. The molecular weight excluding hydrogens is 162 g/mol. The monoisotopic (exact) mass is 175 g/mol. The second kappa shape index (κ2) is 4.30. The topological polar surface area (TPSA) is 41.6 Å². The molecule has 1 aromatic carbocycles. The molecule has 1 aromatic rings. The quantitative estimate of drug-likeness (QED) is 0.563. The van der Waals surface area contributed by atoms with E-state index >= 15 is 0 Å². The first-order valence-electron chi connectivity index (χ1n) is 4.04. The third-order valence-electron chi connectivity index (χ3n) is 1.50. The number of hydrogen-bond donors (Lipinski definition) is 1. The Kier molecular flexibility index (Phi) is 3.09. The second-order valence-corrected chi connectivity index (χ2v) is 2.51. The van der Waals surface area contributed by atoms with E-state index in [1.807, 2.05) is 37.3 Å². The van der Waals surface area contributed by atoms with Gasteiger partial charge in [0.15, 0.2) is 0 Å². The molecule has 0 bridgehead atoms. The zero-order valence-corrected chi connectivity index (χ0v) is 7.64. The molecule has 0 spiro atoms. The molecule has 0 aromatic heterocycles. The van der Waals surface area contributed by atoms with Crippen molar-refractivity contribution in [2.24, 2.45) is 10.8 Å². The van der Waals surface area contributed by atoms with Crippen LogP contribution in [-0.4, -0.2) is 6.21 Å². The maximum atomic E-state index is 5.57. The molecule has 0 aliphatic carbocycles. The van der Waals surface area contributed by atoms with E-state index in [-0.39, 0.29) is 0 Å². The molecule has 0 radical (unpaired) electrons. The van der Waals surface area contributed by atoms with Gasteiger partial charge in [-0.1, -0.05) is 24.8 Å². The fraction of sp³-hybridized carbons (Fsp3) is 0.100. The van der Waals surface area contributed by atoms with Gasteiger partial charge in [-0.25, -0.2) is 5.01 Å². The minimum atomic E-state index is 0.407. The zero-order valence-electron chi connectivity index (χ0n) is 7.64. The molecule has 13 heavy (non-hydrogen) atoms. The summed E-state index contributed by atoms with van der Waals surface area (Å²) >= 11 is 0. The van der Waals surface area contributed by atoms with Crippen molar-refractivity contribution in [1.82, 2.24) is 0 Å². The lowest BCUT2D eigenvalue weighted by molar-refractivity contribution is 0.986. The molecule has 0 saturated heterocycles. The smallest absolute Gasteiger partial charge is 0.118 e. The third kappa shape index (κ3) is 2.33. The van der Waals surface area contributed by atoms with Gasteiger partial charge in [-0.3, -0.25) is 0 Å². The highest BCUT2D eigenvalue weighted by Crippen LogP contribution is 2.15. The van der Waals surface area contributed by atoms with Crippen LogP contribution in [0.1, 0.15) is 6.92 Å². The van der Waals surface area contributed by atoms with Gasteiger partial charge in [0.2, 0.25) is 0 Å². The number of nitrogens with two attached hydrogens (primary N) is 1. The Morgan fingerprint density at radius 3 is 2.54 bits per heavy atom. The van der Waals surface area contributed by atoms with Gasteiger partial charge in [0, 0.05) is 6.21 Å². The lowest BCUT2D eigenvalue weighted by atomic mass is 10.3. The van der Waals surface area contributed by atoms with E-state index in [1.54, 1.807) is 11.2 Å². The van der Waals surface area contributed by atoms with Crippen molar-refractivity contribution in [1.29, 1.82) is 0 Å². The average molecular weight is 175 g/mol. The summed E-state index contributed by atoms with van der Waals surface area (Å²) in [6, 6.07) is 9.64. The van der Waals surface area contributed by atoms with Gasteiger partial charge in [0.25, 0.3) is 0 Å². The van der Waals surface area contributed by atoms with Crippen LogP contribution in [0.3, 0.4) is 0 Å². The molecule has 3 heteroatoms. The summed E-state index contributed by atoms with van der Waals surface area (Å²) < 4.78 is 0. The number of rotatable bonds is 3. The van der Waals surface area contributed by atoms with Gasteiger partial charge in [0.05, 0.1) is 5.69 Å². The molecule has 0 amide bonds. The minimum absolute atomic E-state index is 0.407. The molecule has 1 rings (SSSR count). The summed E-state index contributed by atoms with van der Waals surface area (Å²) in [5, 5.41) is 5.66. The number of anilines is 1. The highest BCUT2D eigenvalue weighted by Gasteiger charge is 2.02. The Morgan fingerprint density at radius 1 is 1.46 bits per heavy atom. The van der Waals surface area contributed by atoms with Gasteiger partial charge in [0.1, 0.15) is 5.82 Å². The SMILES string of the molecule is C=C(N)N(/N=C\C)c1ccccc1. The summed E-state index contributed by atoms with van der Waals surface area (Å²) in [5.41, 5.74) is 6.48. The van der Waals surface area contributed by atoms with E-state index in [0.29, 0.717) is 5.82 Å². The fourth-order valence-corrected chi connectivity index (χ4v) is 0.991. The number of nitrogens with zero attached hydrogens (tertiary/aromatic N) is 2. The first-order chi connectivity index (χ1) is 6.25. The molecule has 0 unspecified atom stereocenters. The van der Waals surface area contributed by atoms with E-state index in [9.17, 15) is 0 Å². The van der Waals surface area contributed by atoms with Crippen molar-refractivity contribution < 1.29 is 0 Å². The van der Waals surface area contributed by atoms with Crippen LogP contribution >= 0.6 is 0 Å². The van der Waals surface area contributed by atoms with Gasteiger partial charge in [-0.05, 0) is 19.1 Å². The van der Waals surface area contributed by atoms with E-state index in [2.05, 4.69) is 11.7 Å². The predicted molar refractivity (Wildman–Crippen MR) is 56.4 cm³/mol. The Hall–Kier alpha value is -1.77. The van der Waals surface area contributed by atoms with E-state index in [4.69, 9.17) is 5.73 Å². The zero-order chi connectivity index (χ0) is 9.68. The van der Waals surface area contributed by atoms with Crippen LogP contribution in [0.25, 0.3) is 0 Å². The second-order valence-electron chi connectivity index (χ2n) is 2.51. The van der Waals surface area contributed by atoms with Crippen LogP contribution in [0.2, 0.25) is 0 Å². The standard InChI is InChI=1S/C10H13N3/c1-3-12-13(9(2)11)10-7-5-4-6-8-10/h3-8H,2,11H2,1H3/b12-3-. The fourth-order valence-electron chi connectivity index (χ4n) is 0.991. The lowest BCUT2D eigenvalue weighted by Crippen LogP contribution is -2.20. The molecule has 0 aliphatic rings. The van der Waals surface area contributed by atoms with Crippen LogP contribution in [0.4, 0.5) is 5.69 Å². The highest BCUT2D eigenvalue weighted by atomic mass is 15.5. The largest absolute Gasteiger partial charge is 0.384 e. The molecule has 68 valence electrons. The molecule has 0 atom stereocenters. The van der Waals surface area contributed by atoms with Crippen molar-refractivity contribution in [3.63, 3.8) is 0 Å². The Bertz CT molecular complexity index is 303. The van der Waals surface area contributed by atoms with E-state index in [0.717, 1.165) is 5.69 Å². The number of benzene rings is 1. The van der Waals surface area contributed by atoms with Crippen molar-refractivity contribution >= 4 is 11.9 Å². The average Bonchev–Trinajstić information content (AvgIpc) is 2.15. The first-order valence-corrected chi connectivity index (χ1v) is 4.04. The molecule has 0 saturated carbocycles. The van der Waals surface area contributed by atoms with Crippen molar-refractivity contribution in [2.75, 3.05) is 5.01 Å². The van der Waals surface area contributed by atoms with Gasteiger partial charge < -0.3 is 5.73 Å². The molecule has 0 heterocycles. The summed E-state index contributed by atoms with van der Waals surface area (Å²) in [5.74, 6) is 0.407. The van der Waals surface area contributed by atoms with Gasteiger partial charge in [-0.15, -0.1) is 0 Å². The number of hydrogen-bond acceptors (Lipinski definition) is 3. The highest BCUT2D eigenvalue weighted by molar-refractivity contribution is 5.59. The van der Waals surface area contributed by atoms with E-state index < -0.39 is 0 Å². The Balaban J connectivity index is 2.96. The van der Waals surface area contributed by atoms with Crippen molar-refractivity contribution in [3.8, 4) is 0 Å². The lowest BCUT2D eigenvalue weighted by Gasteiger charge is -2.17. The maximum absolute atomic E-state index is 5.57. The van der Waals surface area contributed by atoms with Crippen LogP contribution in [-0.2, 0) is 0 Å². The Labute approximate surface area is 78.2 Å². The molecule has 3 nitrogen and oxygen atoms in total. The first kappa shape index (κ1) is 9.32. The molecule has 0 aliphatic heterocycles. The van der Waals surface area contributed by atoms with E-state index in [1.165, 1.54) is 0 Å². The van der Waals surface area contributed by atoms with Crippen LogP contribution in [0.5, 0.6) is 0 Å². The Morgan fingerprint density at radius 2 is 2.08 bits per heavy atom. The predicted octanol–water partition coefficient (Wildman–Crippen LogP) is 1.93.